The Morgan fingerprint density at radius 3 is 2.19 bits per heavy atom. The fourth-order valence-electron chi connectivity index (χ4n) is 3.97. The molecule has 8 heteroatoms. The molecule has 3 heterocycles. The Morgan fingerprint density at radius 2 is 1.53 bits per heavy atom. The summed E-state index contributed by atoms with van der Waals surface area (Å²) in [5.41, 5.74) is 3.05. The Balaban J connectivity index is 1.41. The zero-order valence-corrected chi connectivity index (χ0v) is 18.2. The van der Waals surface area contributed by atoms with E-state index in [0.717, 1.165) is 5.69 Å². The van der Waals surface area contributed by atoms with E-state index in [1.165, 1.54) is 4.90 Å². The fraction of sp³-hybridized carbons (Fsp3) is 0.292. The van der Waals surface area contributed by atoms with Crippen molar-refractivity contribution in [3.05, 3.63) is 77.4 Å². The van der Waals surface area contributed by atoms with Crippen LogP contribution in [-0.4, -0.2) is 68.3 Å². The van der Waals surface area contributed by atoms with Crippen molar-refractivity contribution in [2.75, 3.05) is 26.2 Å². The van der Waals surface area contributed by atoms with E-state index in [0.29, 0.717) is 48.8 Å². The Hall–Kier alpha value is -3.81. The highest BCUT2D eigenvalue weighted by atomic mass is 16.2. The van der Waals surface area contributed by atoms with Crippen LogP contribution in [0.15, 0.2) is 54.7 Å². The summed E-state index contributed by atoms with van der Waals surface area (Å²) < 4.78 is 1.68. The van der Waals surface area contributed by atoms with Crippen LogP contribution in [0.4, 0.5) is 0 Å². The van der Waals surface area contributed by atoms with Crippen LogP contribution in [0.5, 0.6) is 0 Å². The van der Waals surface area contributed by atoms with E-state index in [-0.39, 0.29) is 12.3 Å². The zero-order valence-electron chi connectivity index (χ0n) is 18.2. The van der Waals surface area contributed by atoms with Crippen LogP contribution in [-0.2, 0) is 16.0 Å². The molecule has 0 aliphatic carbocycles. The molecule has 1 aliphatic heterocycles. The first-order valence-electron chi connectivity index (χ1n) is 10.6. The maximum absolute atomic E-state index is 13.1. The summed E-state index contributed by atoms with van der Waals surface area (Å²) >= 11 is 0. The number of aromatic nitrogens is 3. The molecule has 4 rings (SSSR count). The number of aryl methyl sites for hydroxylation is 1. The largest absolute Gasteiger partial charge is 0.339 e. The number of para-hydroxylation sites is 1. The molecule has 0 unspecified atom stereocenters. The number of carbonyl (C=O) groups excluding carboxylic acids is 3. The summed E-state index contributed by atoms with van der Waals surface area (Å²) in [5.74, 6) is -1.14. The number of amides is 2. The normalized spacial score (nSPS) is 13.8. The maximum Gasteiger partial charge on any atom is 0.295 e. The third kappa shape index (κ3) is 4.30. The van der Waals surface area contributed by atoms with Crippen LogP contribution in [0, 0.1) is 13.8 Å². The quantitative estimate of drug-likeness (QED) is 0.455. The number of nitrogens with zero attached hydrogens (tertiary/aromatic N) is 5. The van der Waals surface area contributed by atoms with Crippen LogP contribution >= 0.6 is 0 Å². The van der Waals surface area contributed by atoms with Gasteiger partial charge in [-0.3, -0.25) is 19.4 Å². The molecule has 1 aliphatic rings. The van der Waals surface area contributed by atoms with Crippen molar-refractivity contribution in [1.29, 1.82) is 0 Å². The van der Waals surface area contributed by atoms with Crippen molar-refractivity contribution in [3.63, 3.8) is 0 Å². The average Bonchev–Trinajstić information content (AvgIpc) is 3.13. The second kappa shape index (κ2) is 9.13. The molecule has 0 atom stereocenters. The van der Waals surface area contributed by atoms with Gasteiger partial charge in [0.2, 0.25) is 5.91 Å². The number of carbonyl (C=O) groups is 3. The molecule has 1 saturated heterocycles. The van der Waals surface area contributed by atoms with E-state index in [1.54, 1.807) is 29.6 Å². The Kier molecular flexibility index (Phi) is 6.11. The van der Waals surface area contributed by atoms with Crippen molar-refractivity contribution in [2.24, 2.45) is 0 Å². The van der Waals surface area contributed by atoms with Gasteiger partial charge in [0, 0.05) is 38.1 Å². The minimum Gasteiger partial charge on any atom is -0.339 e. The molecular weight excluding hydrogens is 406 g/mol. The molecule has 0 N–H and O–H groups in total. The number of rotatable bonds is 5. The van der Waals surface area contributed by atoms with E-state index in [9.17, 15) is 14.4 Å². The zero-order chi connectivity index (χ0) is 22.7. The first kappa shape index (κ1) is 21.4. The monoisotopic (exact) mass is 431 g/mol. The lowest BCUT2D eigenvalue weighted by Gasteiger charge is -2.34. The molecule has 8 nitrogen and oxygen atoms in total. The highest BCUT2D eigenvalue weighted by Gasteiger charge is 2.31. The first-order valence-corrected chi connectivity index (χ1v) is 10.6. The van der Waals surface area contributed by atoms with Gasteiger partial charge in [-0.15, -0.1) is 0 Å². The number of benzene rings is 1. The summed E-state index contributed by atoms with van der Waals surface area (Å²) in [7, 11) is 0. The van der Waals surface area contributed by atoms with Crippen LogP contribution in [0.2, 0.25) is 0 Å². The van der Waals surface area contributed by atoms with Gasteiger partial charge in [-0.2, -0.15) is 5.10 Å². The second-order valence-corrected chi connectivity index (χ2v) is 7.79. The lowest BCUT2D eigenvalue weighted by molar-refractivity contribution is -0.136. The van der Waals surface area contributed by atoms with Gasteiger partial charge in [-0.05, 0) is 38.1 Å². The highest BCUT2D eigenvalue weighted by molar-refractivity contribution is 6.43. The number of ketones is 1. The van der Waals surface area contributed by atoms with Gasteiger partial charge in [-0.25, -0.2) is 4.68 Å². The van der Waals surface area contributed by atoms with E-state index >= 15 is 0 Å². The van der Waals surface area contributed by atoms with Crippen molar-refractivity contribution in [2.45, 2.75) is 20.3 Å². The predicted octanol–water partition coefficient (Wildman–Crippen LogP) is 1.98. The fourth-order valence-corrected chi connectivity index (χ4v) is 3.97. The third-order valence-electron chi connectivity index (χ3n) is 5.69. The minimum absolute atomic E-state index is 0.0297. The summed E-state index contributed by atoms with van der Waals surface area (Å²) in [5, 5.41) is 4.47. The molecule has 164 valence electrons. The van der Waals surface area contributed by atoms with Crippen molar-refractivity contribution in [3.8, 4) is 5.69 Å². The SMILES string of the molecule is Cc1nn(-c2ccccc2)c(C)c1C(=O)C(=O)N1CCN(C(=O)Cc2ccccn2)CC1. The summed E-state index contributed by atoms with van der Waals surface area (Å²) in [4.78, 5) is 46.0. The molecule has 1 aromatic carbocycles. The van der Waals surface area contributed by atoms with Crippen LogP contribution < -0.4 is 0 Å². The molecule has 3 aromatic rings. The Morgan fingerprint density at radius 1 is 0.875 bits per heavy atom. The van der Waals surface area contributed by atoms with Crippen LogP contribution in [0.1, 0.15) is 27.4 Å². The molecule has 1 fully saturated rings. The molecule has 2 aromatic heterocycles. The molecule has 0 radical (unpaired) electrons. The standard InChI is InChI=1S/C24H25N5O3/c1-17-22(18(2)29(26-17)20-9-4-3-5-10-20)23(31)24(32)28-14-12-27(13-15-28)21(30)16-19-8-6-7-11-25-19/h3-11H,12-16H2,1-2H3. The number of piperazine rings is 1. The average molecular weight is 431 g/mol. The third-order valence-corrected chi connectivity index (χ3v) is 5.69. The van der Waals surface area contributed by atoms with E-state index in [1.807, 2.05) is 48.5 Å². The van der Waals surface area contributed by atoms with E-state index in [4.69, 9.17) is 0 Å². The minimum atomic E-state index is -0.560. The first-order chi connectivity index (χ1) is 15.5. The number of hydrogen-bond donors (Lipinski definition) is 0. The predicted molar refractivity (Wildman–Crippen MR) is 118 cm³/mol. The van der Waals surface area contributed by atoms with Crippen molar-refractivity contribution < 1.29 is 14.4 Å². The number of pyridine rings is 1. The molecule has 0 bridgehead atoms. The van der Waals surface area contributed by atoms with Gasteiger partial charge < -0.3 is 9.80 Å². The molecule has 32 heavy (non-hydrogen) atoms. The van der Waals surface area contributed by atoms with Crippen molar-refractivity contribution in [1.82, 2.24) is 24.6 Å². The lowest BCUT2D eigenvalue weighted by atomic mass is 10.1. The maximum atomic E-state index is 13.1. The summed E-state index contributed by atoms with van der Waals surface area (Å²) in [6, 6.07) is 15.0. The highest BCUT2D eigenvalue weighted by Crippen LogP contribution is 2.19. The van der Waals surface area contributed by atoms with Gasteiger partial charge in [0.05, 0.1) is 29.1 Å². The summed E-state index contributed by atoms with van der Waals surface area (Å²) in [6.45, 7) is 4.97. The molecule has 2 amide bonds. The van der Waals surface area contributed by atoms with Gasteiger partial charge in [0.1, 0.15) is 0 Å². The number of hydrogen-bond acceptors (Lipinski definition) is 5. The van der Waals surface area contributed by atoms with Crippen LogP contribution in [0.3, 0.4) is 0 Å². The van der Waals surface area contributed by atoms with Gasteiger partial charge in [-0.1, -0.05) is 24.3 Å². The van der Waals surface area contributed by atoms with Gasteiger partial charge in [0.15, 0.2) is 0 Å². The van der Waals surface area contributed by atoms with E-state index < -0.39 is 11.7 Å². The molecule has 0 saturated carbocycles. The second-order valence-electron chi connectivity index (χ2n) is 7.79. The topological polar surface area (TPSA) is 88.4 Å². The van der Waals surface area contributed by atoms with Crippen LogP contribution in [0.25, 0.3) is 5.69 Å². The molecule has 0 spiro atoms. The smallest absolute Gasteiger partial charge is 0.295 e. The Labute approximate surface area is 186 Å². The van der Waals surface area contributed by atoms with E-state index in [2.05, 4.69) is 10.1 Å². The van der Waals surface area contributed by atoms with Crippen molar-refractivity contribution >= 4 is 17.6 Å². The summed E-state index contributed by atoms with van der Waals surface area (Å²) in [6.07, 6.45) is 1.89. The number of Topliss-reactive ketones (excluding diaryl/α,β-unsaturated/α-hetero) is 1. The Bertz CT molecular complexity index is 1130. The van der Waals surface area contributed by atoms with Gasteiger partial charge in [0.25, 0.3) is 11.7 Å². The van der Waals surface area contributed by atoms with Gasteiger partial charge >= 0.3 is 0 Å². The lowest BCUT2D eigenvalue weighted by Crippen LogP contribution is -2.52. The molecular formula is C24H25N5O3.